The van der Waals surface area contributed by atoms with Crippen molar-refractivity contribution in [2.45, 2.75) is 52.5 Å². The molecule has 0 saturated heterocycles. The third kappa shape index (κ3) is 4.85. The number of nitrogens with zero attached hydrogens (tertiary/aromatic N) is 3. The van der Waals surface area contributed by atoms with E-state index in [0.29, 0.717) is 12.2 Å². The molecule has 2 atom stereocenters. The lowest BCUT2D eigenvalue weighted by Gasteiger charge is -2.21. The van der Waals surface area contributed by atoms with E-state index in [4.69, 9.17) is 20.6 Å². The fraction of sp³-hybridized carbons (Fsp3) is 0.444. The molecule has 178 valence electrons. The highest BCUT2D eigenvalue weighted by molar-refractivity contribution is 6.01. The number of nitrogens with two attached hydrogens (primary N) is 1. The van der Waals surface area contributed by atoms with Crippen LogP contribution < -0.4 is 21.3 Å². The third-order valence-corrected chi connectivity index (χ3v) is 7.12. The highest BCUT2D eigenvalue weighted by Crippen LogP contribution is 2.50. The van der Waals surface area contributed by atoms with Gasteiger partial charge in [0, 0.05) is 18.2 Å². The first-order chi connectivity index (χ1) is 16.5. The Hall–Kier alpha value is -3.19. The second kappa shape index (κ2) is 9.58. The van der Waals surface area contributed by atoms with E-state index in [-0.39, 0.29) is 12.3 Å². The van der Waals surface area contributed by atoms with Crippen LogP contribution in [0, 0.1) is 17.8 Å². The second-order valence-corrected chi connectivity index (χ2v) is 9.73. The predicted octanol–water partition coefficient (Wildman–Crippen LogP) is 4.24. The summed E-state index contributed by atoms with van der Waals surface area (Å²) >= 11 is 0. The molecule has 0 amide bonds. The first-order valence-corrected chi connectivity index (χ1v) is 12.3. The molecule has 1 saturated carbocycles. The lowest BCUT2D eigenvalue weighted by molar-refractivity contribution is 0.330. The number of benzene rings is 1. The zero-order valence-electron chi connectivity index (χ0n) is 20.0. The molecule has 3 N–H and O–H groups in total. The number of ether oxygens (including phenoxy) is 1. The van der Waals surface area contributed by atoms with Gasteiger partial charge < -0.3 is 10.1 Å². The van der Waals surface area contributed by atoms with Crippen LogP contribution in [0.5, 0.6) is 5.75 Å². The summed E-state index contributed by atoms with van der Waals surface area (Å²) in [7, 11) is 0. The number of aromatic nitrogens is 2. The van der Waals surface area contributed by atoms with Gasteiger partial charge in [-0.2, -0.15) is 9.78 Å². The normalized spacial score (nSPS) is 21.4. The Bertz CT molecular complexity index is 1210. The van der Waals surface area contributed by atoms with E-state index >= 15 is 0 Å². The topological polar surface area (TPSA) is 94.5 Å². The van der Waals surface area contributed by atoms with Crippen molar-refractivity contribution >= 4 is 11.4 Å². The van der Waals surface area contributed by atoms with E-state index in [1.165, 1.54) is 16.7 Å². The summed E-state index contributed by atoms with van der Waals surface area (Å²) in [4.78, 5) is 17.5. The number of aryl methyl sites for hydroxylation is 1. The molecule has 2 aliphatic carbocycles. The van der Waals surface area contributed by atoms with Crippen molar-refractivity contribution in [3.8, 4) is 5.75 Å². The van der Waals surface area contributed by atoms with Gasteiger partial charge in [-0.1, -0.05) is 31.6 Å². The number of nitrogens with one attached hydrogen (secondary N) is 1. The Morgan fingerprint density at radius 3 is 2.65 bits per heavy atom. The van der Waals surface area contributed by atoms with E-state index in [0.717, 1.165) is 66.4 Å². The van der Waals surface area contributed by atoms with Crippen molar-refractivity contribution in [3.05, 3.63) is 75.5 Å². The molecule has 0 radical (unpaired) electrons. The molecule has 2 heterocycles. The second-order valence-electron chi connectivity index (χ2n) is 9.73. The first kappa shape index (κ1) is 22.6. The van der Waals surface area contributed by atoms with Crippen molar-refractivity contribution in [2.24, 2.45) is 28.6 Å². The minimum atomic E-state index is -0.129. The van der Waals surface area contributed by atoms with Gasteiger partial charge in [-0.15, -0.1) is 0 Å². The Labute approximate surface area is 200 Å². The largest absolute Gasteiger partial charge is 0.479 e. The molecule has 1 fully saturated rings. The van der Waals surface area contributed by atoms with Gasteiger partial charge in [-0.25, -0.2) is 4.98 Å². The van der Waals surface area contributed by atoms with E-state index in [2.05, 4.69) is 31.3 Å². The monoisotopic (exact) mass is 459 g/mol. The molecule has 1 aromatic heterocycles. The zero-order chi connectivity index (χ0) is 23.7. The quantitative estimate of drug-likeness (QED) is 0.576. The summed E-state index contributed by atoms with van der Waals surface area (Å²) < 4.78 is 6.74. The Morgan fingerprint density at radius 1 is 1.15 bits per heavy atom. The maximum Gasteiger partial charge on any atom is 0.274 e. The summed E-state index contributed by atoms with van der Waals surface area (Å²) in [6, 6.07) is 9.10. The molecule has 7 heteroatoms. The maximum absolute atomic E-state index is 12.8. The highest BCUT2D eigenvalue weighted by atomic mass is 16.5. The number of rotatable bonds is 8. The number of fused-ring (bicyclic) bond motifs is 1. The van der Waals surface area contributed by atoms with Crippen LogP contribution in [0.15, 0.2) is 63.5 Å². The lowest BCUT2D eigenvalue weighted by atomic mass is 9.89. The van der Waals surface area contributed by atoms with Crippen LogP contribution in [0.1, 0.15) is 51.0 Å². The summed E-state index contributed by atoms with van der Waals surface area (Å²) in [5.41, 5.74) is 10.8. The van der Waals surface area contributed by atoms with E-state index in [1.54, 1.807) is 11.6 Å². The van der Waals surface area contributed by atoms with Crippen LogP contribution >= 0.6 is 0 Å². The van der Waals surface area contributed by atoms with Crippen LogP contribution in [0.4, 0.5) is 5.69 Å². The molecule has 5 rings (SSSR count). The molecule has 7 nitrogen and oxygen atoms in total. The third-order valence-electron chi connectivity index (χ3n) is 7.12. The average Bonchev–Trinajstić information content (AvgIpc) is 3.65. The summed E-state index contributed by atoms with van der Waals surface area (Å²) in [5, 5.41) is 8.00. The van der Waals surface area contributed by atoms with Crippen molar-refractivity contribution in [3.63, 3.8) is 0 Å². The fourth-order valence-corrected chi connectivity index (χ4v) is 5.10. The van der Waals surface area contributed by atoms with Crippen molar-refractivity contribution in [1.82, 2.24) is 9.66 Å². The molecule has 0 bridgehead atoms. The van der Waals surface area contributed by atoms with Gasteiger partial charge in [-0.05, 0) is 73.3 Å². The molecule has 1 aliphatic heterocycles. The molecule has 34 heavy (non-hydrogen) atoms. The van der Waals surface area contributed by atoms with Gasteiger partial charge in [0.05, 0.1) is 18.0 Å². The number of hydrogen-bond donors (Lipinski definition) is 2. The Morgan fingerprint density at radius 2 is 1.97 bits per heavy atom. The smallest absolute Gasteiger partial charge is 0.274 e. The van der Waals surface area contributed by atoms with Crippen molar-refractivity contribution in [1.29, 1.82) is 0 Å². The van der Waals surface area contributed by atoms with Gasteiger partial charge in [0.25, 0.3) is 5.56 Å². The predicted molar refractivity (Wildman–Crippen MR) is 135 cm³/mol. The van der Waals surface area contributed by atoms with Crippen LogP contribution in [-0.4, -0.2) is 22.1 Å². The molecular weight excluding hydrogens is 426 g/mol. The minimum absolute atomic E-state index is 0.129. The first-order valence-electron chi connectivity index (χ1n) is 12.3. The van der Waals surface area contributed by atoms with Crippen LogP contribution in [0.25, 0.3) is 0 Å². The number of allylic oxidation sites excluding steroid dienone is 4. The van der Waals surface area contributed by atoms with E-state index < -0.39 is 0 Å². The van der Waals surface area contributed by atoms with E-state index in [9.17, 15) is 4.79 Å². The lowest BCUT2D eigenvalue weighted by Crippen LogP contribution is -2.28. The van der Waals surface area contributed by atoms with Crippen LogP contribution in [0.2, 0.25) is 0 Å². The molecule has 3 aliphatic rings. The summed E-state index contributed by atoms with van der Waals surface area (Å²) in [6.45, 7) is 5.27. The van der Waals surface area contributed by atoms with E-state index in [1.807, 2.05) is 24.3 Å². The summed E-state index contributed by atoms with van der Waals surface area (Å²) in [5.74, 6) is 3.86. The molecule has 0 spiro atoms. The molecule has 2 unspecified atom stereocenters. The highest BCUT2D eigenvalue weighted by Gasteiger charge is 2.41. The number of hydrogen-bond acceptors (Lipinski definition) is 6. The Balaban J connectivity index is 1.26. The van der Waals surface area contributed by atoms with Crippen molar-refractivity contribution < 1.29 is 4.74 Å². The fourth-order valence-electron chi connectivity index (χ4n) is 5.10. The standard InChI is InChI=1S/C27H33N5O2/c1-17(2)23-14-24(23)18-3-5-19(6-4-18)25-11-12-26-30-21(13-27(33)32(26)31-25)15-29-20-7-9-22(10-8-20)34-16-28/h3,5,7-10,13,17,23-24,29H,4,6,11-12,14-16,28H2,1-2H3. The minimum Gasteiger partial charge on any atom is -0.479 e. The maximum atomic E-state index is 12.8. The van der Waals surface area contributed by atoms with Gasteiger partial charge in [0.15, 0.2) is 0 Å². The summed E-state index contributed by atoms with van der Waals surface area (Å²) in [6.07, 6.45) is 9.56. The average molecular weight is 460 g/mol. The molecular formula is C27H33N5O2. The van der Waals surface area contributed by atoms with Gasteiger partial charge in [0.1, 0.15) is 18.3 Å². The Kier molecular flexibility index (Phi) is 6.37. The van der Waals surface area contributed by atoms with Gasteiger partial charge in [-0.3, -0.25) is 10.5 Å². The van der Waals surface area contributed by atoms with Crippen LogP contribution in [0.3, 0.4) is 0 Å². The number of anilines is 1. The SMILES string of the molecule is CC(C)C1CC1C1=CC=C(C2=Nn3c(nc(CNc4ccc(OCN)cc4)cc3=O)CC2)CC1. The molecule has 2 aromatic rings. The van der Waals surface area contributed by atoms with Crippen LogP contribution in [-0.2, 0) is 13.0 Å². The van der Waals surface area contributed by atoms with Gasteiger partial charge in [0.2, 0.25) is 0 Å². The van der Waals surface area contributed by atoms with Gasteiger partial charge >= 0.3 is 0 Å². The molecule has 1 aromatic carbocycles. The zero-order valence-corrected chi connectivity index (χ0v) is 20.0. The van der Waals surface area contributed by atoms with Crippen molar-refractivity contribution in [2.75, 3.05) is 12.0 Å².